The number of benzene rings is 2. The van der Waals surface area contributed by atoms with Crippen molar-refractivity contribution in [2.45, 2.75) is 19.4 Å². The number of aliphatic hydroxyl groups is 1. The Bertz CT molecular complexity index is 625. The highest BCUT2D eigenvalue weighted by Crippen LogP contribution is 2.29. The molecule has 2 aromatic rings. The molecule has 0 saturated heterocycles. The van der Waals surface area contributed by atoms with E-state index in [1.807, 2.05) is 43.3 Å². The smallest absolute Gasteiger partial charge is 0.121 e. The zero-order chi connectivity index (χ0) is 15.4. The SMILES string of the molecule is COc1ccc(Br)c(CC(O)c2ccc(OC)c(C)c2)c1. The molecule has 1 unspecified atom stereocenters. The molecule has 4 heteroatoms. The molecule has 2 aromatic carbocycles. The summed E-state index contributed by atoms with van der Waals surface area (Å²) in [7, 11) is 3.28. The number of halogens is 1. The lowest BCUT2D eigenvalue weighted by Crippen LogP contribution is -2.03. The van der Waals surface area contributed by atoms with Crippen LogP contribution in [0.15, 0.2) is 40.9 Å². The lowest BCUT2D eigenvalue weighted by Gasteiger charge is -2.15. The second kappa shape index (κ2) is 6.96. The molecule has 0 aliphatic heterocycles. The van der Waals surface area contributed by atoms with Crippen LogP contribution >= 0.6 is 15.9 Å². The highest BCUT2D eigenvalue weighted by atomic mass is 79.9. The zero-order valence-corrected chi connectivity index (χ0v) is 14.0. The molecular weight excluding hydrogens is 332 g/mol. The number of hydrogen-bond donors (Lipinski definition) is 1. The first-order valence-corrected chi connectivity index (χ1v) is 7.49. The number of aryl methyl sites for hydroxylation is 1. The Labute approximate surface area is 133 Å². The van der Waals surface area contributed by atoms with Crippen molar-refractivity contribution in [3.05, 3.63) is 57.6 Å². The largest absolute Gasteiger partial charge is 0.497 e. The molecule has 112 valence electrons. The second-order valence-corrected chi connectivity index (χ2v) is 5.76. The highest BCUT2D eigenvalue weighted by molar-refractivity contribution is 9.10. The lowest BCUT2D eigenvalue weighted by molar-refractivity contribution is 0.178. The third-order valence-electron chi connectivity index (χ3n) is 3.47. The molecule has 0 fully saturated rings. The summed E-state index contributed by atoms with van der Waals surface area (Å²) in [4.78, 5) is 0. The molecule has 3 nitrogen and oxygen atoms in total. The molecule has 2 rings (SSSR count). The summed E-state index contributed by atoms with van der Waals surface area (Å²) in [6.07, 6.45) is -0.0539. The molecule has 0 amide bonds. The minimum absolute atomic E-state index is 0.517. The molecule has 1 N–H and O–H groups in total. The van der Waals surface area contributed by atoms with Crippen molar-refractivity contribution in [1.82, 2.24) is 0 Å². The maximum atomic E-state index is 10.4. The van der Waals surface area contributed by atoms with Gasteiger partial charge in [0.25, 0.3) is 0 Å². The average Bonchev–Trinajstić information content (AvgIpc) is 2.49. The van der Waals surface area contributed by atoms with Gasteiger partial charge < -0.3 is 14.6 Å². The monoisotopic (exact) mass is 350 g/mol. The molecule has 0 aliphatic rings. The molecule has 0 radical (unpaired) electrons. The van der Waals surface area contributed by atoms with Gasteiger partial charge in [-0.25, -0.2) is 0 Å². The molecule has 0 aromatic heterocycles. The van der Waals surface area contributed by atoms with E-state index in [0.717, 1.165) is 32.7 Å². The second-order valence-electron chi connectivity index (χ2n) is 4.91. The number of aliphatic hydroxyl groups excluding tert-OH is 1. The molecule has 0 aliphatic carbocycles. The van der Waals surface area contributed by atoms with Crippen LogP contribution in [0.5, 0.6) is 11.5 Å². The van der Waals surface area contributed by atoms with Crippen LogP contribution in [-0.4, -0.2) is 19.3 Å². The fraction of sp³-hybridized carbons (Fsp3) is 0.294. The maximum absolute atomic E-state index is 10.4. The summed E-state index contributed by atoms with van der Waals surface area (Å²) in [6, 6.07) is 11.5. The van der Waals surface area contributed by atoms with Gasteiger partial charge in [-0.05, 0) is 53.9 Å². The molecule has 0 spiro atoms. The predicted molar refractivity (Wildman–Crippen MR) is 87.1 cm³/mol. The van der Waals surface area contributed by atoms with Gasteiger partial charge in [-0.1, -0.05) is 22.0 Å². The van der Waals surface area contributed by atoms with E-state index in [4.69, 9.17) is 9.47 Å². The summed E-state index contributed by atoms with van der Waals surface area (Å²) in [5.74, 6) is 1.61. The van der Waals surface area contributed by atoms with Gasteiger partial charge in [0.2, 0.25) is 0 Å². The Morgan fingerprint density at radius 2 is 1.86 bits per heavy atom. The molecule has 0 bridgehead atoms. The van der Waals surface area contributed by atoms with Crippen molar-refractivity contribution in [1.29, 1.82) is 0 Å². The van der Waals surface area contributed by atoms with Crippen LogP contribution in [-0.2, 0) is 6.42 Å². The van der Waals surface area contributed by atoms with E-state index in [9.17, 15) is 5.11 Å². The van der Waals surface area contributed by atoms with Gasteiger partial charge in [0.05, 0.1) is 20.3 Å². The van der Waals surface area contributed by atoms with Crippen molar-refractivity contribution in [2.75, 3.05) is 14.2 Å². The minimum atomic E-state index is -0.571. The average molecular weight is 351 g/mol. The molecule has 1 atom stereocenters. The minimum Gasteiger partial charge on any atom is -0.497 e. The molecular formula is C17H19BrO3. The number of hydrogen-bond acceptors (Lipinski definition) is 3. The van der Waals surface area contributed by atoms with Crippen molar-refractivity contribution >= 4 is 15.9 Å². The molecule has 21 heavy (non-hydrogen) atoms. The van der Waals surface area contributed by atoms with Gasteiger partial charge in [-0.15, -0.1) is 0 Å². The normalized spacial score (nSPS) is 12.0. The van der Waals surface area contributed by atoms with E-state index in [-0.39, 0.29) is 0 Å². The first-order valence-electron chi connectivity index (χ1n) is 6.70. The third kappa shape index (κ3) is 3.77. The van der Waals surface area contributed by atoms with Crippen LogP contribution in [0.3, 0.4) is 0 Å². The van der Waals surface area contributed by atoms with E-state index in [1.54, 1.807) is 14.2 Å². The quantitative estimate of drug-likeness (QED) is 0.883. The fourth-order valence-corrected chi connectivity index (χ4v) is 2.68. The van der Waals surface area contributed by atoms with Crippen LogP contribution in [0.1, 0.15) is 22.8 Å². The van der Waals surface area contributed by atoms with Gasteiger partial charge >= 0.3 is 0 Å². The fourth-order valence-electron chi connectivity index (χ4n) is 2.27. The summed E-state index contributed by atoms with van der Waals surface area (Å²) < 4.78 is 11.4. The zero-order valence-electron chi connectivity index (χ0n) is 12.4. The number of methoxy groups -OCH3 is 2. The van der Waals surface area contributed by atoms with Crippen molar-refractivity contribution in [2.24, 2.45) is 0 Å². The van der Waals surface area contributed by atoms with Gasteiger partial charge in [0.1, 0.15) is 11.5 Å². The van der Waals surface area contributed by atoms with E-state index < -0.39 is 6.10 Å². The Hall–Kier alpha value is -1.52. The van der Waals surface area contributed by atoms with Crippen LogP contribution < -0.4 is 9.47 Å². The first kappa shape index (κ1) is 15.9. The van der Waals surface area contributed by atoms with Crippen molar-refractivity contribution in [3.63, 3.8) is 0 Å². The van der Waals surface area contributed by atoms with Gasteiger partial charge in [0, 0.05) is 10.9 Å². The predicted octanol–water partition coefficient (Wildman–Crippen LogP) is 4.05. The molecule has 0 saturated carbocycles. The van der Waals surface area contributed by atoms with Gasteiger partial charge in [0.15, 0.2) is 0 Å². The maximum Gasteiger partial charge on any atom is 0.121 e. The van der Waals surface area contributed by atoms with Gasteiger partial charge in [-0.2, -0.15) is 0 Å². The Balaban J connectivity index is 2.21. The Morgan fingerprint density at radius 1 is 1.10 bits per heavy atom. The Morgan fingerprint density at radius 3 is 2.48 bits per heavy atom. The third-order valence-corrected chi connectivity index (χ3v) is 4.24. The van der Waals surface area contributed by atoms with Crippen LogP contribution in [0.25, 0.3) is 0 Å². The number of ether oxygens (including phenoxy) is 2. The lowest BCUT2D eigenvalue weighted by atomic mass is 9.99. The van der Waals surface area contributed by atoms with E-state index in [2.05, 4.69) is 15.9 Å². The molecule has 0 heterocycles. The van der Waals surface area contributed by atoms with E-state index >= 15 is 0 Å². The van der Waals surface area contributed by atoms with Crippen LogP contribution in [0.4, 0.5) is 0 Å². The van der Waals surface area contributed by atoms with Crippen LogP contribution in [0, 0.1) is 6.92 Å². The van der Waals surface area contributed by atoms with Crippen LogP contribution in [0.2, 0.25) is 0 Å². The number of rotatable bonds is 5. The first-order chi connectivity index (χ1) is 10.0. The van der Waals surface area contributed by atoms with Crippen molar-refractivity contribution in [3.8, 4) is 11.5 Å². The summed E-state index contributed by atoms with van der Waals surface area (Å²) in [5, 5.41) is 10.4. The van der Waals surface area contributed by atoms with Crippen molar-refractivity contribution < 1.29 is 14.6 Å². The topological polar surface area (TPSA) is 38.7 Å². The standard InChI is InChI=1S/C17H19BrO3/c1-11-8-12(4-7-17(11)21-3)16(19)10-13-9-14(20-2)5-6-15(13)18/h4-9,16,19H,10H2,1-3H3. The van der Waals surface area contributed by atoms with E-state index in [0.29, 0.717) is 6.42 Å². The Kier molecular flexibility index (Phi) is 5.26. The summed E-state index contributed by atoms with van der Waals surface area (Å²) in [6.45, 7) is 1.97. The summed E-state index contributed by atoms with van der Waals surface area (Å²) >= 11 is 3.51. The van der Waals surface area contributed by atoms with E-state index in [1.165, 1.54) is 0 Å². The summed E-state index contributed by atoms with van der Waals surface area (Å²) in [5.41, 5.74) is 2.90. The highest BCUT2D eigenvalue weighted by Gasteiger charge is 2.13. The van der Waals surface area contributed by atoms with Gasteiger partial charge in [-0.3, -0.25) is 0 Å².